The Balaban J connectivity index is 2.26. The average Bonchev–Trinajstić information content (AvgIpc) is 2.43. The zero-order valence-corrected chi connectivity index (χ0v) is 11.7. The van der Waals surface area contributed by atoms with E-state index in [0.29, 0.717) is 18.6 Å². The maximum atomic E-state index is 13.2. The van der Waals surface area contributed by atoms with Gasteiger partial charge in [0.1, 0.15) is 5.56 Å². The van der Waals surface area contributed by atoms with E-state index in [0.717, 1.165) is 19.3 Å². The summed E-state index contributed by atoms with van der Waals surface area (Å²) in [5.41, 5.74) is -1.28. The first-order valence-corrected chi connectivity index (χ1v) is 6.92. The number of alkyl halides is 1. The van der Waals surface area contributed by atoms with Crippen LogP contribution < -0.4 is 5.32 Å². The molecule has 2 atom stereocenters. The summed E-state index contributed by atoms with van der Waals surface area (Å²) in [6.07, 6.45) is 3.21. The summed E-state index contributed by atoms with van der Waals surface area (Å²) in [5.74, 6) is -3.50. The van der Waals surface area contributed by atoms with Gasteiger partial charge in [-0.25, -0.2) is 8.78 Å². The molecule has 0 saturated heterocycles. The van der Waals surface area contributed by atoms with E-state index in [1.165, 1.54) is 0 Å². The van der Waals surface area contributed by atoms with Crippen molar-refractivity contribution in [3.63, 3.8) is 0 Å². The second-order valence-electron chi connectivity index (χ2n) is 4.92. The van der Waals surface area contributed by atoms with E-state index in [1.807, 2.05) is 0 Å². The van der Waals surface area contributed by atoms with Crippen molar-refractivity contribution in [2.75, 3.05) is 0 Å². The molecular weight excluding hydrogens is 306 g/mol. The molecule has 1 amide bonds. The molecule has 5 nitrogen and oxygen atoms in total. The highest BCUT2D eigenvalue weighted by atomic mass is 35.5. The van der Waals surface area contributed by atoms with Gasteiger partial charge in [0.2, 0.25) is 0 Å². The smallest absolute Gasteiger partial charge is 0.285 e. The first-order chi connectivity index (χ1) is 9.90. The van der Waals surface area contributed by atoms with Crippen molar-refractivity contribution in [3.05, 3.63) is 39.4 Å². The topological polar surface area (TPSA) is 72.2 Å². The predicted molar refractivity (Wildman–Crippen MR) is 72.4 cm³/mol. The summed E-state index contributed by atoms with van der Waals surface area (Å²) in [4.78, 5) is 22.0. The van der Waals surface area contributed by atoms with E-state index >= 15 is 0 Å². The molecule has 2 unspecified atom stereocenters. The number of hydrogen-bond donors (Lipinski definition) is 1. The van der Waals surface area contributed by atoms with Gasteiger partial charge in [-0.1, -0.05) is 12.8 Å². The number of amides is 1. The number of carbonyl (C=O) groups is 1. The predicted octanol–water partition coefficient (Wildman–Crippen LogP) is 3.15. The first-order valence-electron chi connectivity index (χ1n) is 6.48. The Labute approximate surface area is 124 Å². The van der Waals surface area contributed by atoms with E-state index in [4.69, 9.17) is 11.6 Å². The van der Waals surface area contributed by atoms with Gasteiger partial charge in [-0.2, -0.15) is 0 Å². The molecule has 1 N–H and O–H groups in total. The fraction of sp³-hybridized carbons (Fsp3) is 0.462. The molecule has 1 fully saturated rings. The van der Waals surface area contributed by atoms with Crippen LogP contribution in [0, 0.1) is 21.7 Å². The molecule has 1 aromatic carbocycles. The monoisotopic (exact) mass is 318 g/mol. The fourth-order valence-electron chi connectivity index (χ4n) is 2.36. The summed E-state index contributed by atoms with van der Waals surface area (Å²) in [6.45, 7) is 0. The molecule has 0 radical (unpaired) electrons. The maximum absolute atomic E-state index is 13.2. The van der Waals surface area contributed by atoms with Crippen molar-refractivity contribution >= 4 is 23.2 Å². The molecular formula is C13H13ClF2N2O3. The van der Waals surface area contributed by atoms with Crippen LogP contribution in [0.5, 0.6) is 0 Å². The molecule has 8 heteroatoms. The number of nitrogens with one attached hydrogen (secondary N) is 1. The number of rotatable bonds is 3. The highest BCUT2D eigenvalue weighted by Gasteiger charge is 2.29. The van der Waals surface area contributed by atoms with Gasteiger partial charge in [0.15, 0.2) is 11.6 Å². The molecule has 1 saturated carbocycles. The molecule has 1 aromatic rings. The van der Waals surface area contributed by atoms with Crippen LogP contribution in [0.15, 0.2) is 12.1 Å². The summed E-state index contributed by atoms with van der Waals surface area (Å²) in [7, 11) is 0. The van der Waals surface area contributed by atoms with E-state index < -0.39 is 33.7 Å². The van der Waals surface area contributed by atoms with Gasteiger partial charge in [-0.3, -0.25) is 14.9 Å². The minimum Gasteiger partial charge on any atom is -0.348 e. The number of nitrogens with zero attached hydrogens (tertiary/aromatic N) is 1. The van der Waals surface area contributed by atoms with Crippen molar-refractivity contribution in [3.8, 4) is 0 Å². The van der Waals surface area contributed by atoms with Gasteiger partial charge >= 0.3 is 0 Å². The van der Waals surface area contributed by atoms with Crippen molar-refractivity contribution in [2.45, 2.75) is 37.1 Å². The molecule has 0 heterocycles. The molecule has 114 valence electrons. The minimum atomic E-state index is -1.37. The minimum absolute atomic E-state index is 0.271. The Morgan fingerprint density at radius 2 is 1.90 bits per heavy atom. The van der Waals surface area contributed by atoms with Crippen LogP contribution in [0.1, 0.15) is 36.0 Å². The molecule has 0 aliphatic heterocycles. The Kier molecular flexibility index (Phi) is 4.72. The Hall–Kier alpha value is -1.76. The van der Waals surface area contributed by atoms with Gasteiger partial charge in [0.05, 0.1) is 16.4 Å². The highest BCUT2D eigenvalue weighted by molar-refractivity contribution is 6.21. The van der Waals surface area contributed by atoms with Crippen molar-refractivity contribution in [1.82, 2.24) is 5.32 Å². The lowest BCUT2D eigenvalue weighted by atomic mass is 9.94. The van der Waals surface area contributed by atoms with Crippen LogP contribution >= 0.6 is 11.6 Å². The number of nitro benzene ring substituents is 1. The van der Waals surface area contributed by atoms with E-state index in [1.54, 1.807) is 0 Å². The zero-order valence-electron chi connectivity index (χ0n) is 10.9. The first kappa shape index (κ1) is 15.6. The van der Waals surface area contributed by atoms with E-state index in [2.05, 4.69) is 5.32 Å². The zero-order chi connectivity index (χ0) is 15.6. The normalized spacial score (nSPS) is 21.9. The average molecular weight is 319 g/mol. The summed E-state index contributed by atoms with van der Waals surface area (Å²) in [5, 5.41) is 13.1. The molecule has 0 aromatic heterocycles. The van der Waals surface area contributed by atoms with Crippen molar-refractivity contribution in [2.24, 2.45) is 0 Å². The van der Waals surface area contributed by atoms with Gasteiger partial charge in [-0.05, 0) is 18.9 Å². The van der Waals surface area contributed by atoms with Crippen LogP contribution in [0.2, 0.25) is 0 Å². The highest BCUT2D eigenvalue weighted by Crippen LogP contribution is 2.25. The van der Waals surface area contributed by atoms with Crippen molar-refractivity contribution < 1.29 is 18.5 Å². The van der Waals surface area contributed by atoms with E-state index in [9.17, 15) is 23.7 Å². The van der Waals surface area contributed by atoms with Crippen molar-refractivity contribution in [1.29, 1.82) is 0 Å². The molecule has 2 rings (SSSR count). The van der Waals surface area contributed by atoms with Crippen LogP contribution in [-0.4, -0.2) is 22.2 Å². The van der Waals surface area contributed by atoms with Gasteiger partial charge in [-0.15, -0.1) is 11.6 Å². The van der Waals surface area contributed by atoms with E-state index in [-0.39, 0.29) is 11.4 Å². The summed E-state index contributed by atoms with van der Waals surface area (Å²) >= 11 is 6.09. The largest absolute Gasteiger partial charge is 0.348 e. The molecule has 1 aliphatic rings. The SMILES string of the molecule is O=C(NC1CCCCC1Cl)c1cc(F)c(F)cc1[N+](=O)[O-]. The van der Waals surface area contributed by atoms with Crippen LogP contribution in [0.4, 0.5) is 14.5 Å². The second-order valence-corrected chi connectivity index (χ2v) is 5.48. The lowest BCUT2D eigenvalue weighted by Crippen LogP contribution is -2.43. The second kappa shape index (κ2) is 6.34. The Bertz CT molecular complexity index is 583. The molecule has 1 aliphatic carbocycles. The summed E-state index contributed by atoms with van der Waals surface area (Å²) < 4.78 is 26.3. The summed E-state index contributed by atoms with van der Waals surface area (Å²) in [6, 6.07) is 0.610. The lowest BCUT2D eigenvalue weighted by Gasteiger charge is -2.27. The third-order valence-corrected chi connectivity index (χ3v) is 4.00. The third kappa shape index (κ3) is 3.47. The van der Waals surface area contributed by atoms with Crippen LogP contribution in [0.25, 0.3) is 0 Å². The molecule has 21 heavy (non-hydrogen) atoms. The number of nitro groups is 1. The lowest BCUT2D eigenvalue weighted by molar-refractivity contribution is -0.385. The number of halogens is 3. The van der Waals surface area contributed by atoms with Gasteiger partial charge < -0.3 is 5.32 Å². The fourth-order valence-corrected chi connectivity index (χ4v) is 2.71. The van der Waals surface area contributed by atoms with Gasteiger partial charge in [0, 0.05) is 6.04 Å². The van der Waals surface area contributed by atoms with Crippen LogP contribution in [-0.2, 0) is 0 Å². The Morgan fingerprint density at radius 3 is 2.52 bits per heavy atom. The standard InChI is InChI=1S/C13H13ClF2N2O3/c14-8-3-1-2-4-11(8)17-13(19)7-5-9(15)10(16)6-12(7)18(20)21/h5-6,8,11H,1-4H2,(H,17,19). The number of hydrogen-bond acceptors (Lipinski definition) is 3. The Morgan fingerprint density at radius 1 is 1.29 bits per heavy atom. The third-order valence-electron chi connectivity index (χ3n) is 3.48. The maximum Gasteiger partial charge on any atom is 0.285 e. The molecule has 0 spiro atoms. The van der Waals surface area contributed by atoms with Gasteiger partial charge in [0.25, 0.3) is 11.6 Å². The quantitative estimate of drug-likeness (QED) is 0.528. The number of carbonyl (C=O) groups excluding carboxylic acids is 1. The van der Waals surface area contributed by atoms with Crippen LogP contribution in [0.3, 0.4) is 0 Å². The molecule has 0 bridgehead atoms. The number of benzene rings is 1.